The van der Waals surface area contributed by atoms with Gasteiger partial charge in [-0.25, -0.2) is 31.1 Å². The molecule has 0 aliphatic heterocycles. The fourth-order valence-electron chi connectivity index (χ4n) is 7.33. The third kappa shape index (κ3) is 7.16. The van der Waals surface area contributed by atoms with E-state index < -0.39 is 52.5 Å². The highest BCUT2D eigenvalue weighted by atomic mass is 19.2. The van der Waals surface area contributed by atoms with Crippen molar-refractivity contribution in [1.82, 2.24) is 0 Å². The zero-order valence-electron chi connectivity index (χ0n) is 26.6. The summed E-state index contributed by atoms with van der Waals surface area (Å²) in [6, 6.07) is 9.20. The van der Waals surface area contributed by atoms with E-state index >= 15 is 8.78 Å². The summed E-state index contributed by atoms with van der Waals surface area (Å²) in [5.41, 5.74) is 1.02. The predicted molar refractivity (Wildman–Crippen MR) is 166 cm³/mol. The Morgan fingerprint density at radius 3 is 1.57 bits per heavy atom. The monoisotopic (exact) mass is 644 g/mol. The number of carbonyl (C=O) groups is 1. The number of benzene rings is 3. The molecule has 0 bridgehead atoms. The van der Waals surface area contributed by atoms with Crippen molar-refractivity contribution in [3.8, 4) is 0 Å². The van der Waals surface area contributed by atoms with Crippen LogP contribution in [0.4, 0.5) is 26.3 Å². The number of hydrogen-bond acceptors (Lipinski definition) is 2. The number of esters is 1. The Morgan fingerprint density at radius 1 is 0.587 bits per heavy atom. The van der Waals surface area contributed by atoms with E-state index in [4.69, 9.17) is 4.74 Å². The van der Waals surface area contributed by atoms with Gasteiger partial charge >= 0.3 is 5.97 Å². The molecule has 0 aromatic heterocycles. The van der Waals surface area contributed by atoms with Crippen LogP contribution >= 0.6 is 0 Å². The van der Waals surface area contributed by atoms with Crippen molar-refractivity contribution in [3.63, 3.8) is 0 Å². The molecule has 2 aliphatic carbocycles. The third-order valence-corrected chi connectivity index (χ3v) is 10.1. The average Bonchev–Trinajstić information content (AvgIpc) is 3.06. The van der Waals surface area contributed by atoms with Crippen LogP contribution in [0.2, 0.25) is 0 Å². The number of halogens is 6. The maximum absolute atomic E-state index is 15.3. The van der Waals surface area contributed by atoms with Gasteiger partial charge in [-0.1, -0.05) is 57.0 Å². The first-order valence-corrected chi connectivity index (χ1v) is 16.8. The summed E-state index contributed by atoms with van der Waals surface area (Å²) in [5.74, 6) is -7.32. The van der Waals surface area contributed by atoms with Gasteiger partial charge in [-0.15, -0.1) is 0 Å². The minimum absolute atomic E-state index is 0.159. The maximum Gasteiger partial charge on any atom is 0.341 e. The summed E-state index contributed by atoms with van der Waals surface area (Å²) >= 11 is 0. The third-order valence-electron chi connectivity index (χ3n) is 10.1. The lowest BCUT2D eigenvalue weighted by Gasteiger charge is -2.30. The van der Waals surface area contributed by atoms with Crippen LogP contribution in [0.3, 0.4) is 0 Å². The molecule has 248 valence electrons. The number of unbranched alkanes of at least 4 members (excludes halogenated alkanes) is 2. The highest BCUT2D eigenvalue weighted by Crippen LogP contribution is 2.43. The lowest BCUT2D eigenvalue weighted by molar-refractivity contribution is 0.0188. The van der Waals surface area contributed by atoms with Gasteiger partial charge in [0.25, 0.3) is 0 Å². The quantitative estimate of drug-likeness (QED) is 0.125. The summed E-state index contributed by atoms with van der Waals surface area (Å²) in [6.45, 7) is 3.81. The molecule has 5 rings (SSSR count). The van der Waals surface area contributed by atoms with Gasteiger partial charge in [-0.05, 0) is 122 Å². The van der Waals surface area contributed by atoms with E-state index in [2.05, 4.69) is 6.92 Å². The van der Waals surface area contributed by atoms with Crippen LogP contribution in [0.25, 0.3) is 0 Å². The minimum Gasteiger partial charge on any atom is -0.459 e. The van der Waals surface area contributed by atoms with Crippen molar-refractivity contribution in [2.24, 2.45) is 0 Å². The molecule has 3 aromatic carbocycles. The van der Waals surface area contributed by atoms with Gasteiger partial charge in [-0.3, -0.25) is 0 Å². The molecule has 46 heavy (non-hydrogen) atoms. The summed E-state index contributed by atoms with van der Waals surface area (Å²) in [5, 5.41) is 0. The number of carbonyl (C=O) groups excluding carboxylic acids is 1. The molecule has 2 fully saturated rings. The van der Waals surface area contributed by atoms with E-state index in [-0.39, 0.29) is 23.3 Å². The van der Waals surface area contributed by atoms with Crippen molar-refractivity contribution in [2.75, 3.05) is 0 Å². The zero-order valence-corrected chi connectivity index (χ0v) is 26.6. The molecule has 0 saturated heterocycles. The minimum atomic E-state index is -1.27. The fraction of sp³-hybridized carbons (Fsp3) is 0.500. The van der Waals surface area contributed by atoms with Crippen molar-refractivity contribution in [1.29, 1.82) is 0 Å². The SMILES string of the molecule is CCCCCc1ccc(C2CCC(OC(=O)c3ccc(C4CCC(c5ccc(CC)c(F)c5F)CC4)c(F)c3F)CC2)c(F)c1F. The van der Waals surface area contributed by atoms with Crippen LogP contribution in [0.15, 0.2) is 36.4 Å². The lowest BCUT2D eigenvalue weighted by atomic mass is 9.75. The van der Waals surface area contributed by atoms with E-state index in [1.165, 1.54) is 12.1 Å². The van der Waals surface area contributed by atoms with Gasteiger partial charge in [-0.2, -0.15) is 0 Å². The normalized spacial score (nSPS) is 21.7. The first-order valence-electron chi connectivity index (χ1n) is 16.8. The number of rotatable bonds is 10. The topological polar surface area (TPSA) is 26.3 Å². The lowest BCUT2D eigenvalue weighted by Crippen LogP contribution is -2.25. The summed E-state index contributed by atoms with van der Waals surface area (Å²) in [4.78, 5) is 12.9. The Morgan fingerprint density at radius 2 is 1.04 bits per heavy atom. The first kappa shape index (κ1) is 34.1. The zero-order chi connectivity index (χ0) is 33.0. The molecule has 2 nitrogen and oxygen atoms in total. The molecule has 0 unspecified atom stereocenters. The number of hydrogen-bond donors (Lipinski definition) is 0. The molecule has 0 radical (unpaired) electrons. The second kappa shape index (κ2) is 15.1. The van der Waals surface area contributed by atoms with E-state index in [1.54, 1.807) is 31.2 Å². The highest BCUT2D eigenvalue weighted by Gasteiger charge is 2.32. The van der Waals surface area contributed by atoms with E-state index in [0.29, 0.717) is 86.5 Å². The van der Waals surface area contributed by atoms with Crippen molar-refractivity contribution >= 4 is 5.97 Å². The number of ether oxygens (including phenoxy) is 1. The second-order valence-corrected chi connectivity index (χ2v) is 13.0. The van der Waals surface area contributed by atoms with Crippen LogP contribution < -0.4 is 0 Å². The molecule has 0 spiro atoms. The van der Waals surface area contributed by atoms with Crippen LogP contribution in [0.5, 0.6) is 0 Å². The Bertz CT molecular complexity index is 1540. The molecule has 2 saturated carbocycles. The van der Waals surface area contributed by atoms with Crippen LogP contribution in [-0.4, -0.2) is 12.1 Å². The Balaban J connectivity index is 1.16. The summed E-state index contributed by atoms with van der Waals surface area (Å²) in [6.07, 6.45) is 6.77. The van der Waals surface area contributed by atoms with E-state index in [9.17, 15) is 22.4 Å². The van der Waals surface area contributed by atoms with Gasteiger partial charge in [0.15, 0.2) is 34.9 Å². The van der Waals surface area contributed by atoms with Gasteiger partial charge in [0.05, 0.1) is 5.56 Å². The van der Waals surface area contributed by atoms with Crippen molar-refractivity contribution < 1.29 is 35.9 Å². The van der Waals surface area contributed by atoms with Crippen LogP contribution in [-0.2, 0) is 17.6 Å². The number of aryl methyl sites for hydroxylation is 2. The Kier molecular flexibility index (Phi) is 11.2. The maximum atomic E-state index is 15.3. The average molecular weight is 645 g/mol. The van der Waals surface area contributed by atoms with Gasteiger partial charge in [0.2, 0.25) is 0 Å². The van der Waals surface area contributed by atoms with Gasteiger partial charge < -0.3 is 4.74 Å². The van der Waals surface area contributed by atoms with Crippen molar-refractivity contribution in [3.05, 3.63) is 105 Å². The Hall–Kier alpha value is -3.29. The van der Waals surface area contributed by atoms with Crippen LogP contribution in [0, 0.1) is 34.9 Å². The molecule has 0 atom stereocenters. The summed E-state index contributed by atoms with van der Waals surface area (Å²) in [7, 11) is 0. The molecule has 3 aromatic rings. The smallest absolute Gasteiger partial charge is 0.341 e. The molecular formula is C38H42F6O2. The highest BCUT2D eigenvalue weighted by molar-refractivity contribution is 5.90. The van der Waals surface area contributed by atoms with Crippen LogP contribution in [0.1, 0.15) is 140 Å². The molecule has 0 amide bonds. The fourth-order valence-corrected chi connectivity index (χ4v) is 7.33. The predicted octanol–water partition coefficient (Wildman–Crippen LogP) is 11.1. The molecule has 0 N–H and O–H groups in total. The van der Waals surface area contributed by atoms with Crippen molar-refractivity contribution in [2.45, 2.75) is 121 Å². The molecular weight excluding hydrogens is 602 g/mol. The second-order valence-electron chi connectivity index (χ2n) is 13.0. The first-order chi connectivity index (χ1) is 22.1. The van der Waals surface area contributed by atoms with E-state index in [1.807, 2.05) is 0 Å². The Labute approximate surface area is 267 Å². The molecule has 2 aliphatic rings. The van der Waals surface area contributed by atoms with E-state index in [0.717, 1.165) is 19.3 Å². The largest absolute Gasteiger partial charge is 0.459 e. The summed E-state index contributed by atoms with van der Waals surface area (Å²) < 4.78 is 94.6. The van der Waals surface area contributed by atoms with Gasteiger partial charge in [0.1, 0.15) is 6.10 Å². The van der Waals surface area contributed by atoms with Gasteiger partial charge in [0, 0.05) is 0 Å². The standard InChI is InChI=1S/C38H42F6O2/c1-3-5-6-7-26-15-19-29(35(42)33(26)40)25-12-16-27(17-13-25)46-38(45)31-21-20-30(36(43)37(31)44)24-10-8-23(9-11-24)28-18-14-22(4-2)32(39)34(28)41/h14-15,18-21,23-25,27H,3-13,16-17H2,1-2H3. The molecule has 8 heteroatoms. The molecule has 0 heterocycles.